The number of benzene rings is 1. The van der Waals surface area contributed by atoms with Gasteiger partial charge in [-0.1, -0.05) is 38.1 Å². The molecule has 1 aromatic carbocycles. The molecule has 19 heavy (non-hydrogen) atoms. The van der Waals surface area contributed by atoms with E-state index >= 15 is 0 Å². The second-order valence-corrected chi connectivity index (χ2v) is 4.83. The maximum absolute atomic E-state index is 11.2. The van der Waals surface area contributed by atoms with Crippen LogP contribution in [-0.2, 0) is 6.54 Å². The van der Waals surface area contributed by atoms with Crippen molar-refractivity contribution in [2.45, 2.75) is 27.3 Å². The summed E-state index contributed by atoms with van der Waals surface area (Å²) >= 11 is 0. The van der Waals surface area contributed by atoms with Crippen LogP contribution in [0.2, 0.25) is 0 Å². The predicted molar refractivity (Wildman–Crippen MR) is 80.6 cm³/mol. The smallest absolute Gasteiger partial charge is 0.159 e. The normalized spacial score (nSPS) is 16.6. The summed E-state index contributed by atoms with van der Waals surface area (Å²) in [6.07, 6.45) is 0. The number of nitrogens with zero attached hydrogens (tertiary/aromatic N) is 2. The quantitative estimate of drug-likeness (QED) is 0.782. The number of carbonyl (C=O) groups is 1. The summed E-state index contributed by atoms with van der Waals surface area (Å²) in [5, 5.41) is 0. The molecule has 0 aromatic heterocycles. The highest BCUT2D eigenvalue weighted by Gasteiger charge is 2.13. The van der Waals surface area contributed by atoms with Crippen molar-refractivity contribution in [2.75, 3.05) is 33.2 Å². The molecule has 0 spiro atoms. The zero-order chi connectivity index (χ0) is 14.3. The Balaban J connectivity index is 0.000000861. The molecule has 0 unspecified atom stereocenters. The van der Waals surface area contributed by atoms with Crippen molar-refractivity contribution in [3.8, 4) is 0 Å². The molecule has 1 aliphatic rings. The van der Waals surface area contributed by atoms with Crippen LogP contribution in [0, 0.1) is 0 Å². The lowest BCUT2D eigenvalue weighted by atomic mass is 10.1. The first-order valence-corrected chi connectivity index (χ1v) is 7.16. The monoisotopic (exact) mass is 262 g/mol. The van der Waals surface area contributed by atoms with Gasteiger partial charge >= 0.3 is 0 Å². The standard InChI is InChI=1S/C14H20N2O.C2H6/c1-12(17)14-5-3-13(4-6-14)11-16-9-7-15(2)8-10-16;1-2/h3-6H,7-11H2,1-2H3;1-2H3. The van der Waals surface area contributed by atoms with E-state index < -0.39 is 0 Å². The average Bonchev–Trinajstić information content (AvgIpc) is 2.44. The van der Waals surface area contributed by atoms with Crippen LogP contribution in [0.15, 0.2) is 24.3 Å². The van der Waals surface area contributed by atoms with E-state index in [-0.39, 0.29) is 5.78 Å². The van der Waals surface area contributed by atoms with E-state index in [1.807, 2.05) is 26.0 Å². The first kappa shape index (κ1) is 15.9. The lowest BCUT2D eigenvalue weighted by Crippen LogP contribution is -2.43. The Labute approximate surface area is 117 Å². The highest BCUT2D eigenvalue weighted by molar-refractivity contribution is 5.93. The third-order valence-corrected chi connectivity index (χ3v) is 3.36. The summed E-state index contributed by atoms with van der Waals surface area (Å²) in [6, 6.07) is 7.98. The SMILES string of the molecule is CC.CC(=O)c1ccc(CN2CCN(C)CC2)cc1. The molecule has 0 N–H and O–H groups in total. The largest absolute Gasteiger partial charge is 0.304 e. The van der Waals surface area contributed by atoms with Crippen LogP contribution in [0.3, 0.4) is 0 Å². The third-order valence-electron chi connectivity index (χ3n) is 3.36. The molecule has 1 saturated heterocycles. The molecule has 0 aliphatic carbocycles. The maximum atomic E-state index is 11.2. The number of rotatable bonds is 3. The van der Waals surface area contributed by atoms with Crippen LogP contribution in [0.25, 0.3) is 0 Å². The van der Waals surface area contributed by atoms with Gasteiger partial charge in [-0.05, 0) is 19.5 Å². The number of carbonyl (C=O) groups excluding carboxylic acids is 1. The van der Waals surface area contributed by atoms with E-state index in [2.05, 4.69) is 29.0 Å². The molecule has 3 nitrogen and oxygen atoms in total. The molecular weight excluding hydrogens is 236 g/mol. The van der Waals surface area contributed by atoms with Crippen molar-refractivity contribution in [2.24, 2.45) is 0 Å². The Bertz CT molecular complexity index is 378. The Hall–Kier alpha value is -1.19. The number of ketones is 1. The fourth-order valence-corrected chi connectivity index (χ4v) is 2.11. The Morgan fingerprint density at radius 3 is 2.05 bits per heavy atom. The van der Waals surface area contributed by atoms with Gasteiger partial charge in [-0.3, -0.25) is 9.69 Å². The topological polar surface area (TPSA) is 23.6 Å². The first-order chi connectivity index (χ1) is 9.15. The second kappa shape index (κ2) is 8.08. The average molecular weight is 262 g/mol. The second-order valence-electron chi connectivity index (χ2n) is 4.83. The summed E-state index contributed by atoms with van der Waals surface area (Å²) in [5.74, 6) is 0.135. The molecule has 0 amide bonds. The minimum atomic E-state index is 0.135. The molecule has 0 radical (unpaired) electrons. The molecule has 2 rings (SSSR count). The Kier molecular flexibility index (Phi) is 6.74. The van der Waals surface area contributed by atoms with Crippen LogP contribution >= 0.6 is 0 Å². The van der Waals surface area contributed by atoms with Gasteiger partial charge in [0.15, 0.2) is 5.78 Å². The Morgan fingerprint density at radius 2 is 1.58 bits per heavy atom. The molecule has 0 atom stereocenters. The Morgan fingerprint density at radius 1 is 1.05 bits per heavy atom. The van der Waals surface area contributed by atoms with Crippen LogP contribution in [-0.4, -0.2) is 48.8 Å². The molecule has 1 aromatic rings. The minimum Gasteiger partial charge on any atom is -0.304 e. The van der Waals surface area contributed by atoms with E-state index in [0.29, 0.717) is 0 Å². The number of hydrogen-bond acceptors (Lipinski definition) is 3. The van der Waals surface area contributed by atoms with Crippen molar-refractivity contribution in [1.82, 2.24) is 9.80 Å². The van der Waals surface area contributed by atoms with E-state index in [1.54, 1.807) is 6.92 Å². The molecule has 0 bridgehead atoms. The molecule has 1 aliphatic heterocycles. The van der Waals surface area contributed by atoms with Crippen molar-refractivity contribution < 1.29 is 4.79 Å². The first-order valence-electron chi connectivity index (χ1n) is 7.16. The number of hydrogen-bond donors (Lipinski definition) is 0. The molecule has 3 heteroatoms. The minimum absolute atomic E-state index is 0.135. The van der Waals surface area contributed by atoms with E-state index in [9.17, 15) is 4.79 Å². The molecular formula is C16H26N2O. The van der Waals surface area contributed by atoms with Gasteiger partial charge in [-0.15, -0.1) is 0 Å². The fourth-order valence-electron chi connectivity index (χ4n) is 2.11. The van der Waals surface area contributed by atoms with Gasteiger partial charge in [-0.2, -0.15) is 0 Å². The molecule has 106 valence electrons. The van der Waals surface area contributed by atoms with Crippen molar-refractivity contribution in [3.63, 3.8) is 0 Å². The third kappa shape index (κ3) is 5.13. The van der Waals surface area contributed by atoms with Crippen molar-refractivity contribution in [3.05, 3.63) is 35.4 Å². The van der Waals surface area contributed by atoms with E-state index in [0.717, 1.165) is 38.3 Å². The zero-order valence-electron chi connectivity index (χ0n) is 12.6. The van der Waals surface area contributed by atoms with Gasteiger partial charge in [0.05, 0.1) is 0 Å². The summed E-state index contributed by atoms with van der Waals surface area (Å²) in [5.41, 5.74) is 2.09. The lowest BCUT2D eigenvalue weighted by molar-refractivity contribution is 0.101. The van der Waals surface area contributed by atoms with Crippen molar-refractivity contribution >= 4 is 5.78 Å². The predicted octanol–water partition coefficient (Wildman–Crippen LogP) is 2.66. The molecule has 0 saturated carbocycles. The maximum Gasteiger partial charge on any atom is 0.159 e. The summed E-state index contributed by atoms with van der Waals surface area (Å²) in [4.78, 5) is 16.0. The van der Waals surface area contributed by atoms with Crippen LogP contribution in [0.1, 0.15) is 36.7 Å². The zero-order valence-corrected chi connectivity index (χ0v) is 12.6. The number of likely N-dealkylation sites (N-methyl/N-ethyl adjacent to an activating group) is 1. The lowest BCUT2D eigenvalue weighted by Gasteiger charge is -2.32. The van der Waals surface area contributed by atoms with Crippen LogP contribution < -0.4 is 0 Å². The van der Waals surface area contributed by atoms with Gasteiger partial charge in [-0.25, -0.2) is 0 Å². The molecule has 1 heterocycles. The summed E-state index contributed by atoms with van der Waals surface area (Å²) in [6.45, 7) is 11.1. The van der Waals surface area contributed by atoms with Gasteiger partial charge < -0.3 is 4.90 Å². The molecule has 1 fully saturated rings. The fraction of sp³-hybridized carbons (Fsp3) is 0.562. The summed E-state index contributed by atoms with van der Waals surface area (Å²) < 4.78 is 0. The number of piperazine rings is 1. The van der Waals surface area contributed by atoms with E-state index in [1.165, 1.54) is 5.56 Å². The summed E-state index contributed by atoms with van der Waals surface area (Å²) in [7, 11) is 2.17. The highest BCUT2D eigenvalue weighted by Crippen LogP contribution is 2.09. The van der Waals surface area contributed by atoms with Crippen LogP contribution in [0.4, 0.5) is 0 Å². The highest BCUT2D eigenvalue weighted by atomic mass is 16.1. The van der Waals surface area contributed by atoms with Gasteiger partial charge in [0, 0.05) is 38.3 Å². The van der Waals surface area contributed by atoms with E-state index in [4.69, 9.17) is 0 Å². The van der Waals surface area contributed by atoms with Gasteiger partial charge in [0.25, 0.3) is 0 Å². The number of Topliss-reactive ketones (excluding diaryl/α,β-unsaturated/α-hetero) is 1. The van der Waals surface area contributed by atoms with Gasteiger partial charge in [0.1, 0.15) is 0 Å². The van der Waals surface area contributed by atoms with Crippen molar-refractivity contribution in [1.29, 1.82) is 0 Å². The van der Waals surface area contributed by atoms with Gasteiger partial charge in [0.2, 0.25) is 0 Å². The van der Waals surface area contributed by atoms with Crippen LogP contribution in [0.5, 0.6) is 0 Å².